The summed E-state index contributed by atoms with van der Waals surface area (Å²) in [7, 11) is 0. The van der Waals surface area contributed by atoms with Crippen molar-refractivity contribution in [2.45, 2.75) is 6.04 Å². The van der Waals surface area contributed by atoms with Crippen LogP contribution in [-0.4, -0.2) is 25.8 Å². The molecule has 0 aliphatic carbocycles. The standard InChI is InChI=1S/C11H12ClFN2O/c12-7-1-10-9(2-8(7)13)14-3-6-4-16-5-11(6)15-10/h1-2,6,11,14-15H,3-5H2. The van der Waals surface area contributed by atoms with Gasteiger partial charge in [-0.1, -0.05) is 11.6 Å². The van der Waals surface area contributed by atoms with Crippen molar-refractivity contribution in [3.8, 4) is 0 Å². The second-order valence-electron chi connectivity index (χ2n) is 4.24. The highest BCUT2D eigenvalue weighted by molar-refractivity contribution is 6.31. The molecule has 2 heterocycles. The van der Waals surface area contributed by atoms with Gasteiger partial charge in [-0.3, -0.25) is 0 Å². The number of hydrogen-bond donors (Lipinski definition) is 2. The van der Waals surface area contributed by atoms with Crippen molar-refractivity contribution in [2.24, 2.45) is 5.92 Å². The summed E-state index contributed by atoms with van der Waals surface area (Å²) in [6, 6.07) is 3.35. The van der Waals surface area contributed by atoms with E-state index in [0.29, 0.717) is 12.5 Å². The van der Waals surface area contributed by atoms with Crippen LogP contribution in [0.25, 0.3) is 0 Å². The molecular weight excluding hydrogens is 231 g/mol. The Morgan fingerprint density at radius 1 is 1.31 bits per heavy atom. The van der Waals surface area contributed by atoms with Crippen LogP contribution < -0.4 is 10.6 Å². The predicted molar refractivity (Wildman–Crippen MR) is 61.6 cm³/mol. The van der Waals surface area contributed by atoms with E-state index in [2.05, 4.69) is 10.6 Å². The Hall–Kier alpha value is -1.00. The average molecular weight is 243 g/mol. The molecule has 1 fully saturated rings. The minimum atomic E-state index is -0.391. The molecule has 2 atom stereocenters. The Bertz CT molecular complexity index is 427. The molecule has 0 radical (unpaired) electrons. The van der Waals surface area contributed by atoms with E-state index in [1.807, 2.05) is 0 Å². The molecule has 16 heavy (non-hydrogen) atoms. The van der Waals surface area contributed by atoms with E-state index in [9.17, 15) is 4.39 Å². The lowest BCUT2D eigenvalue weighted by Crippen LogP contribution is -2.29. The molecule has 3 rings (SSSR count). The first-order valence-corrected chi connectivity index (χ1v) is 5.69. The molecule has 2 aliphatic rings. The normalized spacial score (nSPS) is 27.4. The Morgan fingerprint density at radius 2 is 2.19 bits per heavy atom. The number of anilines is 2. The molecule has 86 valence electrons. The molecule has 0 spiro atoms. The van der Waals surface area contributed by atoms with Gasteiger partial charge < -0.3 is 15.4 Å². The van der Waals surface area contributed by atoms with E-state index in [-0.39, 0.29) is 11.1 Å². The maximum atomic E-state index is 13.3. The molecule has 2 aliphatic heterocycles. The van der Waals surface area contributed by atoms with Crippen molar-refractivity contribution in [1.29, 1.82) is 0 Å². The Morgan fingerprint density at radius 3 is 3.06 bits per heavy atom. The van der Waals surface area contributed by atoms with Gasteiger partial charge >= 0.3 is 0 Å². The number of ether oxygens (including phenoxy) is 1. The zero-order chi connectivity index (χ0) is 11.1. The number of benzene rings is 1. The molecule has 1 aromatic carbocycles. The molecular formula is C11H12ClFN2O. The molecule has 3 nitrogen and oxygen atoms in total. The topological polar surface area (TPSA) is 33.3 Å². The number of halogens is 2. The van der Waals surface area contributed by atoms with Gasteiger partial charge in [0, 0.05) is 18.5 Å². The summed E-state index contributed by atoms with van der Waals surface area (Å²) in [5.41, 5.74) is 1.63. The first-order valence-electron chi connectivity index (χ1n) is 5.31. The second kappa shape index (κ2) is 3.79. The first kappa shape index (κ1) is 10.2. The van der Waals surface area contributed by atoms with Gasteiger partial charge in [0.15, 0.2) is 0 Å². The fourth-order valence-electron chi connectivity index (χ4n) is 2.21. The second-order valence-corrected chi connectivity index (χ2v) is 4.65. The third kappa shape index (κ3) is 1.62. The fourth-order valence-corrected chi connectivity index (χ4v) is 2.38. The lowest BCUT2D eigenvalue weighted by molar-refractivity contribution is 0.186. The number of hydrogen-bond acceptors (Lipinski definition) is 3. The number of rotatable bonds is 0. The van der Waals surface area contributed by atoms with Crippen LogP contribution in [0.3, 0.4) is 0 Å². The molecule has 5 heteroatoms. The van der Waals surface area contributed by atoms with Crippen molar-refractivity contribution in [3.63, 3.8) is 0 Å². The molecule has 1 aromatic rings. The lowest BCUT2D eigenvalue weighted by atomic mass is 10.0. The van der Waals surface area contributed by atoms with Crippen molar-refractivity contribution in [2.75, 3.05) is 30.4 Å². The van der Waals surface area contributed by atoms with Crippen LogP contribution in [0.4, 0.5) is 15.8 Å². The van der Waals surface area contributed by atoms with Gasteiger partial charge in [-0.25, -0.2) is 4.39 Å². The van der Waals surface area contributed by atoms with Gasteiger partial charge in [-0.15, -0.1) is 0 Å². The molecule has 2 unspecified atom stereocenters. The van der Waals surface area contributed by atoms with Crippen molar-refractivity contribution < 1.29 is 9.13 Å². The monoisotopic (exact) mass is 242 g/mol. The van der Waals surface area contributed by atoms with Crippen molar-refractivity contribution in [1.82, 2.24) is 0 Å². The largest absolute Gasteiger partial charge is 0.383 e. The molecule has 0 bridgehead atoms. The fraction of sp³-hybridized carbons (Fsp3) is 0.455. The quantitative estimate of drug-likeness (QED) is 0.733. The Balaban J connectivity index is 1.97. The number of fused-ring (bicyclic) bond motifs is 2. The van der Waals surface area contributed by atoms with E-state index in [1.165, 1.54) is 6.07 Å². The zero-order valence-electron chi connectivity index (χ0n) is 8.59. The van der Waals surface area contributed by atoms with Crippen molar-refractivity contribution in [3.05, 3.63) is 23.0 Å². The Labute approximate surface area is 97.9 Å². The van der Waals surface area contributed by atoms with Crippen molar-refractivity contribution >= 4 is 23.0 Å². The average Bonchev–Trinajstić information content (AvgIpc) is 2.63. The molecule has 0 saturated carbocycles. The minimum Gasteiger partial charge on any atom is -0.383 e. The minimum absolute atomic E-state index is 0.144. The smallest absolute Gasteiger partial charge is 0.143 e. The van der Waals surface area contributed by atoms with Gasteiger partial charge in [0.1, 0.15) is 5.82 Å². The van der Waals surface area contributed by atoms with Crippen LogP contribution in [0.5, 0.6) is 0 Å². The summed E-state index contributed by atoms with van der Waals surface area (Å²) in [6.07, 6.45) is 0. The summed E-state index contributed by atoms with van der Waals surface area (Å²) < 4.78 is 18.7. The van der Waals surface area contributed by atoms with Gasteiger partial charge in [0.05, 0.1) is 35.7 Å². The highest BCUT2D eigenvalue weighted by atomic mass is 35.5. The van der Waals surface area contributed by atoms with Crippen LogP contribution in [0, 0.1) is 11.7 Å². The highest BCUT2D eigenvalue weighted by Gasteiger charge is 2.31. The third-order valence-electron chi connectivity index (χ3n) is 3.15. The van der Waals surface area contributed by atoms with E-state index in [4.69, 9.17) is 16.3 Å². The van der Waals surface area contributed by atoms with Gasteiger partial charge in [-0.05, 0) is 6.07 Å². The van der Waals surface area contributed by atoms with Crippen LogP contribution in [0.15, 0.2) is 12.1 Å². The Kier molecular flexibility index (Phi) is 2.41. The van der Waals surface area contributed by atoms with E-state index in [1.54, 1.807) is 6.07 Å². The summed E-state index contributed by atoms with van der Waals surface area (Å²) in [5, 5.41) is 6.72. The van der Waals surface area contributed by atoms with Crippen LogP contribution >= 0.6 is 11.6 Å². The molecule has 0 aromatic heterocycles. The maximum absolute atomic E-state index is 13.3. The van der Waals surface area contributed by atoms with Crippen LogP contribution in [0.1, 0.15) is 0 Å². The molecule has 2 N–H and O–H groups in total. The van der Waals surface area contributed by atoms with Crippen LogP contribution in [0.2, 0.25) is 5.02 Å². The van der Waals surface area contributed by atoms with Gasteiger partial charge in [0.2, 0.25) is 0 Å². The molecule has 1 saturated heterocycles. The highest BCUT2D eigenvalue weighted by Crippen LogP contribution is 2.33. The van der Waals surface area contributed by atoms with Crippen LogP contribution in [-0.2, 0) is 4.74 Å². The third-order valence-corrected chi connectivity index (χ3v) is 3.44. The summed E-state index contributed by atoms with van der Waals surface area (Å²) >= 11 is 5.77. The van der Waals surface area contributed by atoms with Gasteiger partial charge in [-0.2, -0.15) is 0 Å². The first-order chi connectivity index (χ1) is 7.74. The summed E-state index contributed by atoms with van der Waals surface area (Å²) in [4.78, 5) is 0. The molecule has 0 amide bonds. The van der Waals surface area contributed by atoms with Gasteiger partial charge in [0.25, 0.3) is 0 Å². The lowest BCUT2D eigenvalue weighted by Gasteiger charge is -2.15. The maximum Gasteiger partial charge on any atom is 0.143 e. The SMILES string of the molecule is Fc1cc2c(cc1Cl)NC1COCC1CN2. The summed E-state index contributed by atoms with van der Waals surface area (Å²) in [5.74, 6) is 0.0345. The predicted octanol–water partition coefficient (Wildman–Crippen LogP) is 2.33. The van der Waals surface area contributed by atoms with E-state index < -0.39 is 5.82 Å². The summed E-state index contributed by atoms with van der Waals surface area (Å²) in [6.45, 7) is 2.24. The van der Waals surface area contributed by atoms with E-state index in [0.717, 1.165) is 24.5 Å². The zero-order valence-corrected chi connectivity index (χ0v) is 9.35. The van der Waals surface area contributed by atoms with E-state index >= 15 is 0 Å². The number of nitrogens with one attached hydrogen (secondary N) is 2.